The fraction of sp³-hybridized carbons (Fsp3) is 0.625. The van der Waals surface area contributed by atoms with Crippen LogP contribution in [-0.2, 0) is 0 Å². The van der Waals surface area contributed by atoms with Crippen LogP contribution in [0.15, 0.2) is 18.3 Å². The van der Waals surface area contributed by atoms with E-state index in [0.717, 1.165) is 25.2 Å². The molecule has 1 aromatic rings. The molecule has 0 fully saturated rings. The third-order valence-electron chi connectivity index (χ3n) is 3.47. The van der Waals surface area contributed by atoms with Crippen molar-refractivity contribution in [1.82, 2.24) is 9.88 Å². The van der Waals surface area contributed by atoms with Crippen molar-refractivity contribution in [2.75, 3.05) is 18.9 Å². The minimum absolute atomic E-state index is 0.103. The van der Waals surface area contributed by atoms with Crippen LogP contribution in [0.5, 0.6) is 0 Å². The number of aromatic nitrogens is 1. The first-order valence-corrected chi connectivity index (χ1v) is 7.48. The fourth-order valence-corrected chi connectivity index (χ4v) is 2.39. The molecule has 1 rings (SSSR count). The number of rotatable bonds is 7. The molecular weight excluding hydrogens is 250 g/mol. The van der Waals surface area contributed by atoms with Crippen molar-refractivity contribution in [3.63, 3.8) is 0 Å². The molecule has 0 aliphatic rings. The summed E-state index contributed by atoms with van der Waals surface area (Å²) in [5.41, 5.74) is 0.705. The number of anilines is 1. The Labute approximate surface area is 122 Å². The van der Waals surface area contributed by atoms with Gasteiger partial charge >= 0.3 is 0 Å². The van der Waals surface area contributed by atoms with Gasteiger partial charge in [0, 0.05) is 31.4 Å². The normalized spacial score (nSPS) is 10.9. The monoisotopic (exact) mass is 277 g/mol. The van der Waals surface area contributed by atoms with Crippen molar-refractivity contribution in [2.45, 2.75) is 46.6 Å². The fourth-order valence-electron chi connectivity index (χ4n) is 2.39. The highest BCUT2D eigenvalue weighted by Crippen LogP contribution is 2.17. The maximum atomic E-state index is 12.8. The van der Waals surface area contributed by atoms with Crippen LogP contribution in [0.3, 0.4) is 0 Å². The number of carbonyl (C=O) groups excluding carboxylic acids is 1. The standard InChI is InChI=1S/C16H27N3O/c1-6-14(7-2)19(11-12(3)4)16(20)13-8-9-18-15(10-13)17-5/h8-10,12,14H,6-7,11H2,1-5H3,(H,17,18). The van der Waals surface area contributed by atoms with Crippen molar-refractivity contribution >= 4 is 11.7 Å². The molecule has 0 unspecified atom stereocenters. The molecule has 0 spiro atoms. The minimum atomic E-state index is 0.103. The topological polar surface area (TPSA) is 45.2 Å². The van der Waals surface area contributed by atoms with Gasteiger partial charge in [0.2, 0.25) is 0 Å². The SMILES string of the molecule is CCC(CC)N(CC(C)C)C(=O)c1ccnc(NC)c1. The maximum absolute atomic E-state index is 12.8. The second-order valence-corrected chi connectivity index (χ2v) is 5.50. The van der Waals surface area contributed by atoms with Gasteiger partial charge in [0.1, 0.15) is 5.82 Å². The van der Waals surface area contributed by atoms with E-state index in [1.54, 1.807) is 12.3 Å². The van der Waals surface area contributed by atoms with Gasteiger partial charge in [-0.15, -0.1) is 0 Å². The van der Waals surface area contributed by atoms with Gasteiger partial charge in [-0.1, -0.05) is 27.7 Å². The summed E-state index contributed by atoms with van der Waals surface area (Å²) in [5.74, 6) is 1.29. The van der Waals surface area contributed by atoms with E-state index >= 15 is 0 Å². The molecular formula is C16H27N3O. The van der Waals surface area contributed by atoms with Crippen molar-refractivity contribution in [3.8, 4) is 0 Å². The molecule has 4 heteroatoms. The highest BCUT2D eigenvalue weighted by Gasteiger charge is 2.23. The van der Waals surface area contributed by atoms with Crippen LogP contribution in [-0.4, -0.2) is 35.4 Å². The quantitative estimate of drug-likeness (QED) is 0.830. The predicted molar refractivity (Wildman–Crippen MR) is 84.0 cm³/mol. The molecule has 0 aliphatic carbocycles. The Bertz CT molecular complexity index is 427. The van der Waals surface area contributed by atoms with Gasteiger partial charge < -0.3 is 10.2 Å². The Kier molecular flexibility index (Phi) is 6.49. The smallest absolute Gasteiger partial charge is 0.254 e. The van der Waals surface area contributed by atoms with Gasteiger partial charge in [-0.25, -0.2) is 4.98 Å². The van der Waals surface area contributed by atoms with Gasteiger partial charge in [0.05, 0.1) is 0 Å². The van der Waals surface area contributed by atoms with E-state index in [1.807, 2.05) is 18.0 Å². The molecule has 1 N–H and O–H groups in total. The number of nitrogens with one attached hydrogen (secondary N) is 1. The van der Waals surface area contributed by atoms with Crippen LogP contribution in [0.25, 0.3) is 0 Å². The highest BCUT2D eigenvalue weighted by molar-refractivity contribution is 5.95. The molecule has 0 saturated heterocycles. The summed E-state index contributed by atoms with van der Waals surface area (Å²) in [6.07, 6.45) is 3.65. The molecule has 20 heavy (non-hydrogen) atoms. The first-order chi connectivity index (χ1) is 9.53. The number of pyridine rings is 1. The lowest BCUT2D eigenvalue weighted by atomic mass is 10.1. The van der Waals surface area contributed by atoms with E-state index in [-0.39, 0.29) is 5.91 Å². The lowest BCUT2D eigenvalue weighted by molar-refractivity contribution is 0.0640. The van der Waals surface area contributed by atoms with E-state index in [2.05, 4.69) is 38.0 Å². The number of carbonyl (C=O) groups is 1. The lowest BCUT2D eigenvalue weighted by Gasteiger charge is -2.32. The predicted octanol–water partition coefficient (Wildman–Crippen LogP) is 3.41. The Balaban J connectivity index is 3.02. The van der Waals surface area contributed by atoms with E-state index in [1.165, 1.54) is 0 Å². The Morgan fingerprint density at radius 2 is 2.00 bits per heavy atom. The summed E-state index contributed by atoms with van der Waals surface area (Å²) < 4.78 is 0. The summed E-state index contributed by atoms with van der Waals surface area (Å²) in [7, 11) is 1.81. The van der Waals surface area contributed by atoms with Crippen molar-refractivity contribution in [3.05, 3.63) is 23.9 Å². The summed E-state index contributed by atoms with van der Waals surface area (Å²) in [4.78, 5) is 19.0. The van der Waals surface area contributed by atoms with Crippen LogP contribution in [0.4, 0.5) is 5.82 Å². The molecule has 0 aliphatic heterocycles. The molecule has 0 radical (unpaired) electrons. The van der Waals surface area contributed by atoms with Crippen molar-refractivity contribution < 1.29 is 4.79 Å². The Morgan fingerprint density at radius 1 is 1.35 bits per heavy atom. The number of hydrogen-bond acceptors (Lipinski definition) is 3. The zero-order valence-corrected chi connectivity index (χ0v) is 13.3. The van der Waals surface area contributed by atoms with Crippen molar-refractivity contribution in [2.24, 2.45) is 5.92 Å². The summed E-state index contributed by atoms with van der Waals surface area (Å²) in [6, 6.07) is 3.91. The third-order valence-corrected chi connectivity index (χ3v) is 3.47. The maximum Gasteiger partial charge on any atom is 0.254 e. The van der Waals surface area contributed by atoms with Gasteiger partial charge in [-0.05, 0) is 30.9 Å². The molecule has 0 bridgehead atoms. The second kappa shape index (κ2) is 7.88. The van der Waals surface area contributed by atoms with Crippen LogP contribution in [0.1, 0.15) is 50.9 Å². The average molecular weight is 277 g/mol. The summed E-state index contributed by atoms with van der Waals surface area (Å²) in [5, 5.41) is 2.98. The van der Waals surface area contributed by atoms with Crippen LogP contribution in [0.2, 0.25) is 0 Å². The molecule has 112 valence electrons. The molecule has 1 aromatic heterocycles. The van der Waals surface area contributed by atoms with E-state index < -0.39 is 0 Å². The van der Waals surface area contributed by atoms with Gasteiger partial charge in [0.15, 0.2) is 0 Å². The van der Waals surface area contributed by atoms with Crippen molar-refractivity contribution in [1.29, 1.82) is 0 Å². The van der Waals surface area contributed by atoms with Crippen LogP contribution >= 0.6 is 0 Å². The average Bonchev–Trinajstić information content (AvgIpc) is 2.46. The zero-order valence-electron chi connectivity index (χ0n) is 13.3. The molecule has 0 saturated carbocycles. The third kappa shape index (κ3) is 4.22. The van der Waals surface area contributed by atoms with E-state index in [4.69, 9.17) is 0 Å². The second-order valence-electron chi connectivity index (χ2n) is 5.50. The molecule has 4 nitrogen and oxygen atoms in total. The van der Waals surface area contributed by atoms with Crippen LogP contribution < -0.4 is 5.32 Å². The highest BCUT2D eigenvalue weighted by atomic mass is 16.2. The minimum Gasteiger partial charge on any atom is -0.373 e. The number of amides is 1. The van der Waals surface area contributed by atoms with E-state index in [0.29, 0.717) is 17.5 Å². The summed E-state index contributed by atoms with van der Waals surface area (Å²) >= 11 is 0. The Hall–Kier alpha value is -1.58. The molecule has 0 atom stereocenters. The van der Waals surface area contributed by atoms with Gasteiger partial charge in [-0.3, -0.25) is 4.79 Å². The van der Waals surface area contributed by atoms with Crippen LogP contribution in [0, 0.1) is 5.92 Å². The van der Waals surface area contributed by atoms with Gasteiger partial charge in [-0.2, -0.15) is 0 Å². The van der Waals surface area contributed by atoms with E-state index in [9.17, 15) is 4.79 Å². The summed E-state index contributed by atoms with van der Waals surface area (Å²) in [6.45, 7) is 9.37. The Morgan fingerprint density at radius 3 is 2.50 bits per heavy atom. The molecule has 1 amide bonds. The lowest BCUT2D eigenvalue weighted by Crippen LogP contribution is -2.42. The zero-order chi connectivity index (χ0) is 15.1. The molecule has 0 aromatic carbocycles. The molecule has 1 heterocycles. The largest absolute Gasteiger partial charge is 0.373 e. The van der Waals surface area contributed by atoms with Gasteiger partial charge in [0.25, 0.3) is 5.91 Å². The first kappa shape index (κ1) is 16.5. The number of hydrogen-bond donors (Lipinski definition) is 1. The first-order valence-electron chi connectivity index (χ1n) is 7.48. The number of nitrogens with zero attached hydrogens (tertiary/aromatic N) is 2.